The summed E-state index contributed by atoms with van der Waals surface area (Å²) in [6.45, 7) is 2.79. The molecule has 1 unspecified atom stereocenters. The van der Waals surface area contributed by atoms with E-state index in [9.17, 15) is 14.4 Å². The first-order valence-corrected chi connectivity index (χ1v) is 10.5. The van der Waals surface area contributed by atoms with Crippen LogP contribution in [0.2, 0.25) is 0 Å². The van der Waals surface area contributed by atoms with Crippen LogP contribution in [0.15, 0.2) is 23.0 Å². The molecule has 0 aliphatic heterocycles. The molecule has 154 valence electrons. The summed E-state index contributed by atoms with van der Waals surface area (Å²) in [4.78, 5) is 34.3. The van der Waals surface area contributed by atoms with Crippen molar-refractivity contribution in [3.8, 4) is 0 Å². The minimum Gasteiger partial charge on any atom is -0.359 e. The lowest BCUT2D eigenvalue weighted by Gasteiger charge is -2.11. The number of aryl methyl sites for hydroxylation is 2. The maximum Gasteiger partial charge on any atom is 0.329 e. The van der Waals surface area contributed by atoms with E-state index in [2.05, 4.69) is 17.4 Å². The van der Waals surface area contributed by atoms with Crippen LogP contribution in [0.1, 0.15) is 69.9 Å². The minimum absolute atomic E-state index is 0.123. The zero-order valence-corrected chi connectivity index (χ0v) is 17.2. The zero-order valence-electron chi connectivity index (χ0n) is 17.2. The summed E-state index contributed by atoms with van der Waals surface area (Å²) < 4.78 is 3.29. The van der Waals surface area contributed by atoms with Gasteiger partial charge in [0.1, 0.15) is 6.29 Å². The summed E-state index contributed by atoms with van der Waals surface area (Å²) in [5, 5.41) is 2.69. The largest absolute Gasteiger partial charge is 0.359 e. The van der Waals surface area contributed by atoms with Gasteiger partial charge < -0.3 is 10.1 Å². The molecule has 6 heteroatoms. The quantitative estimate of drug-likeness (QED) is 0.398. The lowest BCUT2D eigenvalue weighted by atomic mass is 10.0. The number of aldehydes is 1. The van der Waals surface area contributed by atoms with Crippen LogP contribution in [0.5, 0.6) is 0 Å². The molecule has 6 nitrogen and oxygen atoms in total. The normalized spacial score (nSPS) is 12.2. The van der Waals surface area contributed by atoms with Gasteiger partial charge in [0.2, 0.25) is 6.41 Å². The smallest absolute Gasteiger partial charge is 0.329 e. The van der Waals surface area contributed by atoms with Gasteiger partial charge in [-0.3, -0.25) is 13.9 Å². The van der Waals surface area contributed by atoms with Gasteiger partial charge >= 0.3 is 5.69 Å². The molecule has 0 aliphatic carbocycles. The molecule has 0 saturated heterocycles. The molecule has 2 aromatic rings. The Hall–Kier alpha value is -2.37. The monoisotopic (exact) mass is 387 g/mol. The number of hydrogen-bond donors (Lipinski definition) is 1. The van der Waals surface area contributed by atoms with Gasteiger partial charge in [-0.2, -0.15) is 0 Å². The Labute approximate surface area is 166 Å². The van der Waals surface area contributed by atoms with Gasteiger partial charge in [-0.05, 0) is 43.4 Å². The first-order chi connectivity index (χ1) is 13.6. The van der Waals surface area contributed by atoms with Crippen LogP contribution >= 0.6 is 0 Å². The average molecular weight is 388 g/mol. The molecule has 1 aromatic carbocycles. The molecule has 1 amide bonds. The SMILES string of the molecule is CCCC(C=O)n1c(=O)n(C)c2cc(CCCCCCCCNC=O)ccc21. The van der Waals surface area contributed by atoms with Gasteiger partial charge in [-0.1, -0.05) is 45.1 Å². The van der Waals surface area contributed by atoms with E-state index in [0.717, 1.165) is 62.4 Å². The third-order valence-electron chi connectivity index (χ3n) is 5.35. The second-order valence-electron chi connectivity index (χ2n) is 7.47. The number of amides is 1. The van der Waals surface area contributed by atoms with Gasteiger partial charge in [-0.25, -0.2) is 4.79 Å². The van der Waals surface area contributed by atoms with Crippen LogP contribution < -0.4 is 11.0 Å². The lowest BCUT2D eigenvalue weighted by Crippen LogP contribution is -2.26. The molecule has 1 heterocycles. The van der Waals surface area contributed by atoms with Gasteiger partial charge in [0.15, 0.2) is 0 Å². The topological polar surface area (TPSA) is 73.1 Å². The summed E-state index contributed by atoms with van der Waals surface area (Å²) in [6, 6.07) is 5.76. The van der Waals surface area contributed by atoms with E-state index >= 15 is 0 Å². The number of nitrogens with zero attached hydrogens (tertiary/aromatic N) is 2. The van der Waals surface area contributed by atoms with E-state index in [1.54, 1.807) is 16.2 Å². The number of aromatic nitrogens is 2. The predicted molar refractivity (Wildman–Crippen MR) is 113 cm³/mol. The summed E-state index contributed by atoms with van der Waals surface area (Å²) >= 11 is 0. The van der Waals surface area contributed by atoms with Crippen molar-refractivity contribution in [2.75, 3.05) is 6.54 Å². The Morgan fingerprint density at radius 3 is 2.43 bits per heavy atom. The highest BCUT2D eigenvalue weighted by Crippen LogP contribution is 2.21. The molecule has 0 spiro atoms. The standard InChI is InChI=1S/C22H33N3O3/c1-3-10-19(16-26)25-20-13-12-18(15-21(20)24(2)22(25)28)11-8-6-4-5-7-9-14-23-17-27/h12-13,15-17,19H,3-11,14H2,1-2H3,(H,23,27). The molecular formula is C22H33N3O3. The third-order valence-corrected chi connectivity index (χ3v) is 5.35. The fraction of sp³-hybridized carbons (Fsp3) is 0.591. The van der Waals surface area contributed by atoms with Crippen LogP contribution in [0, 0.1) is 0 Å². The van der Waals surface area contributed by atoms with Gasteiger partial charge in [0, 0.05) is 13.6 Å². The number of carbonyl (C=O) groups is 2. The molecule has 0 bridgehead atoms. The molecule has 0 fully saturated rings. The second kappa shape index (κ2) is 11.5. The first-order valence-electron chi connectivity index (χ1n) is 10.5. The Kier molecular flexibility index (Phi) is 8.98. The van der Waals surface area contributed by atoms with Gasteiger partial charge in [0.25, 0.3) is 0 Å². The highest BCUT2D eigenvalue weighted by atomic mass is 16.2. The molecule has 0 saturated carbocycles. The van der Waals surface area contributed by atoms with Crippen molar-refractivity contribution >= 4 is 23.7 Å². The van der Waals surface area contributed by atoms with E-state index < -0.39 is 6.04 Å². The maximum absolute atomic E-state index is 12.6. The number of nitrogens with one attached hydrogen (secondary N) is 1. The van der Waals surface area contributed by atoms with Crippen LogP contribution in [0.3, 0.4) is 0 Å². The molecule has 2 rings (SSSR count). The van der Waals surface area contributed by atoms with Crippen LogP contribution in [-0.4, -0.2) is 28.4 Å². The average Bonchev–Trinajstić information content (AvgIpc) is 2.95. The van der Waals surface area contributed by atoms with Crippen molar-refractivity contribution in [1.29, 1.82) is 0 Å². The van der Waals surface area contributed by atoms with E-state index in [1.807, 2.05) is 13.0 Å². The van der Waals surface area contributed by atoms with E-state index in [0.29, 0.717) is 6.42 Å². The Balaban J connectivity index is 1.94. The van der Waals surface area contributed by atoms with E-state index in [1.165, 1.54) is 24.8 Å². The molecule has 28 heavy (non-hydrogen) atoms. The van der Waals surface area contributed by atoms with Crippen molar-refractivity contribution in [3.05, 3.63) is 34.2 Å². The maximum atomic E-state index is 12.6. The summed E-state index contributed by atoms with van der Waals surface area (Å²) in [5.41, 5.74) is 2.84. The molecule has 0 radical (unpaired) electrons. The van der Waals surface area contributed by atoms with E-state index in [-0.39, 0.29) is 5.69 Å². The Morgan fingerprint density at radius 1 is 1.04 bits per heavy atom. The van der Waals surface area contributed by atoms with Crippen molar-refractivity contribution < 1.29 is 9.59 Å². The number of imidazole rings is 1. The number of rotatable bonds is 14. The van der Waals surface area contributed by atoms with Crippen molar-refractivity contribution in [2.45, 2.75) is 70.8 Å². The number of benzene rings is 1. The fourth-order valence-electron chi connectivity index (χ4n) is 3.76. The van der Waals surface area contributed by atoms with Gasteiger partial charge in [-0.15, -0.1) is 0 Å². The van der Waals surface area contributed by atoms with E-state index in [4.69, 9.17) is 0 Å². The number of carbonyl (C=O) groups excluding carboxylic acids is 2. The number of hydrogen-bond acceptors (Lipinski definition) is 3. The highest BCUT2D eigenvalue weighted by molar-refractivity contribution is 5.78. The van der Waals surface area contributed by atoms with Crippen molar-refractivity contribution in [2.24, 2.45) is 7.05 Å². The first kappa shape index (κ1) is 21.9. The predicted octanol–water partition coefficient (Wildman–Crippen LogP) is 3.51. The lowest BCUT2D eigenvalue weighted by molar-refractivity contribution is -0.111. The summed E-state index contributed by atoms with van der Waals surface area (Å²) in [6.07, 6.45) is 11.1. The Morgan fingerprint density at radius 2 is 1.75 bits per heavy atom. The second-order valence-corrected chi connectivity index (χ2v) is 7.47. The molecule has 1 atom stereocenters. The minimum atomic E-state index is -0.395. The summed E-state index contributed by atoms with van der Waals surface area (Å²) in [7, 11) is 1.78. The molecule has 0 aliphatic rings. The highest BCUT2D eigenvalue weighted by Gasteiger charge is 2.18. The van der Waals surface area contributed by atoms with Crippen molar-refractivity contribution in [3.63, 3.8) is 0 Å². The fourth-order valence-corrected chi connectivity index (χ4v) is 3.76. The molecule has 1 aromatic heterocycles. The van der Waals surface area contributed by atoms with Crippen LogP contribution in [0.4, 0.5) is 0 Å². The van der Waals surface area contributed by atoms with Crippen LogP contribution in [0.25, 0.3) is 11.0 Å². The zero-order chi connectivity index (χ0) is 20.4. The van der Waals surface area contributed by atoms with Crippen molar-refractivity contribution in [1.82, 2.24) is 14.5 Å². The summed E-state index contributed by atoms with van der Waals surface area (Å²) in [5.74, 6) is 0. The van der Waals surface area contributed by atoms with Gasteiger partial charge in [0.05, 0.1) is 17.1 Å². The van der Waals surface area contributed by atoms with Crippen LogP contribution in [-0.2, 0) is 23.1 Å². The number of unbranched alkanes of at least 4 members (excludes halogenated alkanes) is 5. The number of fused-ring (bicyclic) bond motifs is 1. The Bertz CT molecular complexity index is 822. The third kappa shape index (κ3) is 5.57. The molecule has 1 N–H and O–H groups in total. The molecular weight excluding hydrogens is 354 g/mol.